The molecule has 2 N–H and O–H groups in total. The number of nitrogen functional groups attached to an aromatic ring is 1. The summed E-state index contributed by atoms with van der Waals surface area (Å²) in [4.78, 5) is 8.30. The average Bonchev–Trinajstić information content (AvgIpc) is 2.34. The fourth-order valence-corrected chi connectivity index (χ4v) is 2.26. The molecule has 0 radical (unpaired) electrons. The van der Waals surface area contributed by atoms with Gasteiger partial charge in [-0.2, -0.15) is 0 Å². The molecule has 0 aliphatic heterocycles. The minimum atomic E-state index is -1.37. The van der Waals surface area contributed by atoms with Crippen LogP contribution < -0.4 is 5.73 Å². The molecule has 0 aliphatic rings. The Balaban J connectivity index is 2.18. The van der Waals surface area contributed by atoms with Crippen molar-refractivity contribution in [3.05, 3.63) is 48.3 Å². The molecule has 88 valence electrons. The molecule has 1 aromatic heterocycles. The van der Waals surface area contributed by atoms with Crippen molar-refractivity contribution in [3.63, 3.8) is 0 Å². The lowest BCUT2D eigenvalue weighted by Crippen LogP contribution is -2.02. The first kappa shape index (κ1) is 11.7. The lowest BCUT2D eigenvalue weighted by molar-refractivity contribution is 0.627. The van der Waals surface area contributed by atoms with Crippen molar-refractivity contribution >= 4 is 16.5 Å². The van der Waals surface area contributed by atoms with Gasteiger partial charge in [-0.25, -0.2) is 14.4 Å². The van der Waals surface area contributed by atoms with Crippen LogP contribution >= 0.6 is 0 Å². The molecule has 0 amide bonds. The number of rotatable bonds is 3. The van der Waals surface area contributed by atoms with Crippen molar-refractivity contribution in [1.29, 1.82) is 0 Å². The Morgan fingerprint density at radius 2 is 2.00 bits per heavy atom. The molecular formula is C11H10FN3OS. The monoisotopic (exact) mass is 251 g/mol. The summed E-state index contributed by atoms with van der Waals surface area (Å²) < 4.78 is 25.1. The molecule has 2 rings (SSSR count). The van der Waals surface area contributed by atoms with Crippen molar-refractivity contribution in [2.75, 3.05) is 5.73 Å². The Bertz CT molecular complexity index is 548. The van der Waals surface area contributed by atoms with Gasteiger partial charge in [0.1, 0.15) is 11.6 Å². The van der Waals surface area contributed by atoms with Crippen LogP contribution in [0.3, 0.4) is 0 Å². The van der Waals surface area contributed by atoms with E-state index in [4.69, 9.17) is 5.73 Å². The Morgan fingerprint density at radius 1 is 1.29 bits per heavy atom. The maximum absolute atomic E-state index is 13.2. The molecule has 1 atom stereocenters. The van der Waals surface area contributed by atoms with E-state index in [0.29, 0.717) is 10.7 Å². The number of hydrogen-bond donors (Lipinski definition) is 1. The van der Waals surface area contributed by atoms with Crippen molar-refractivity contribution in [1.82, 2.24) is 9.97 Å². The van der Waals surface area contributed by atoms with Gasteiger partial charge in [-0.1, -0.05) is 0 Å². The molecule has 4 nitrogen and oxygen atoms in total. The highest BCUT2D eigenvalue weighted by Gasteiger charge is 2.09. The number of anilines is 1. The molecule has 1 heterocycles. The SMILES string of the molecule is Nc1ccc(S(=O)Cc2ncccn2)cc1F. The van der Waals surface area contributed by atoms with Gasteiger partial charge in [-0.15, -0.1) is 0 Å². The van der Waals surface area contributed by atoms with Crippen molar-refractivity contribution in [2.45, 2.75) is 10.6 Å². The summed E-state index contributed by atoms with van der Waals surface area (Å²) in [6.45, 7) is 0. The van der Waals surface area contributed by atoms with E-state index in [2.05, 4.69) is 9.97 Å². The zero-order chi connectivity index (χ0) is 12.3. The smallest absolute Gasteiger partial charge is 0.147 e. The van der Waals surface area contributed by atoms with Crippen LogP contribution in [0.2, 0.25) is 0 Å². The first-order valence-electron chi connectivity index (χ1n) is 4.86. The van der Waals surface area contributed by atoms with Gasteiger partial charge in [0.15, 0.2) is 0 Å². The molecule has 1 unspecified atom stereocenters. The molecule has 6 heteroatoms. The number of nitrogens with two attached hydrogens (primary N) is 1. The van der Waals surface area contributed by atoms with E-state index >= 15 is 0 Å². The quantitative estimate of drug-likeness (QED) is 0.839. The molecule has 0 aliphatic carbocycles. The zero-order valence-electron chi connectivity index (χ0n) is 8.84. The second-order valence-electron chi connectivity index (χ2n) is 3.34. The number of hydrogen-bond acceptors (Lipinski definition) is 4. The van der Waals surface area contributed by atoms with Crippen molar-refractivity contribution in [3.8, 4) is 0 Å². The zero-order valence-corrected chi connectivity index (χ0v) is 9.65. The Hall–Kier alpha value is -1.82. The Labute approximate surface area is 100 Å². The number of aromatic nitrogens is 2. The molecule has 0 fully saturated rings. The highest BCUT2D eigenvalue weighted by molar-refractivity contribution is 7.84. The average molecular weight is 251 g/mol. The van der Waals surface area contributed by atoms with E-state index in [1.54, 1.807) is 18.5 Å². The molecule has 17 heavy (non-hydrogen) atoms. The van der Waals surface area contributed by atoms with E-state index in [1.807, 2.05) is 0 Å². The maximum atomic E-state index is 13.2. The molecule has 0 saturated heterocycles. The third kappa shape index (κ3) is 2.85. The van der Waals surface area contributed by atoms with Gasteiger partial charge in [-0.3, -0.25) is 4.21 Å². The fraction of sp³-hybridized carbons (Fsp3) is 0.0909. The van der Waals surface area contributed by atoms with Crippen molar-refractivity contribution < 1.29 is 8.60 Å². The van der Waals surface area contributed by atoms with Crippen LogP contribution in [0.4, 0.5) is 10.1 Å². The molecule has 0 saturated carbocycles. The Morgan fingerprint density at radius 3 is 2.65 bits per heavy atom. The van der Waals surface area contributed by atoms with Gasteiger partial charge in [0, 0.05) is 17.3 Å². The van der Waals surface area contributed by atoms with Crippen LogP contribution in [0, 0.1) is 5.82 Å². The number of nitrogens with zero attached hydrogens (tertiary/aromatic N) is 2. The first-order valence-corrected chi connectivity index (χ1v) is 6.18. The van der Waals surface area contributed by atoms with Gasteiger partial charge in [0.2, 0.25) is 0 Å². The van der Waals surface area contributed by atoms with Crippen LogP contribution in [0.15, 0.2) is 41.6 Å². The Kier molecular flexibility index (Phi) is 3.43. The van der Waals surface area contributed by atoms with E-state index < -0.39 is 16.6 Å². The summed E-state index contributed by atoms with van der Waals surface area (Å²) in [5.74, 6) is 0.0531. The minimum Gasteiger partial charge on any atom is -0.396 e. The minimum absolute atomic E-state index is 0.0433. The predicted octanol–water partition coefficient (Wildman–Crippen LogP) is 1.51. The molecule has 1 aromatic carbocycles. The number of halogens is 1. The van der Waals surface area contributed by atoms with Gasteiger partial charge in [0.25, 0.3) is 0 Å². The summed E-state index contributed by atoms with van der Waals surface area (Å²) in [5, 5.41) is 0. The van der Waals surface area contributed by atoms with Crippen molar-refractivity contribution in [2.24, 2.45) is 0 Å². The van der Waals surface area contributed by atoms with Crippen LogP contribution in [0.25, 0.3) is 0 Å². The van der Waals surface area contributed by atoms with E-state index in [0.717, 1.165) is 0 Å². The third-order valence-corrected chi connectivity index (χ3v) is 3.41. The molecule has 2 aromatic rings. The summed E-state index contributed by atoms with van der Waals surface area (Å²) in [6.07, 6.45) is 3.15. The van der Waals surface area contributed by atoms with Gasteiger partial charge >= 0.3 is 0 Å². The van der Waals surface area contributed by atoms with Crippen LogP contribution in [0.5, 0.6) is 0 Å². The highest BCUT2D eigenvalue weighted by atomic mass is 32.2. The lowest BCUT2D eigenvalue weighted by Gasteiger charge is -2.02. The van der Waals surface area contributed by atoms with Crippen LogP contribution in [-0.2, 0) is 16.6 Å². The normalized spacial score (nSPS) is 12.3. The number of benzene rings is 1. The topological polar surface area (TPSA) is 68.9 Å². The van der Waals surface area contributed by atoms with Gasteiger partial charge < -0.3 is 5.73 Å². The molecular weight excluding hydrogens is 241 g/mol. The van der Waals surface area contributed by atoms with Gasteiger partial charge in [-0.05, 0) is 24.3 Å². The van der Waals surface area contributed by atoms with E-state index in [9.17, 15) is 8.60 Å². The van der Waals surface area contributed by atoms with E-state index in [-0.39, 0.29) is 11.4 Å². The highest BCUT2D eigenvalue weighted by Crippen LogP contribution is 2.16. The van der Waals surface area contributed by atoms with Crippen LogP contribution in [-0.4, -0.2) is 14.2 Å². The molecule has 0 spiro atoms. The van der Waals surface area contributed by atoms with Gasteiger partial charge in [0.05, 0.1) is 22.2 Å². The third-order valence-electron chi connectivity index (χ3n) is 2.11. The van der Waals surface area contributed by atoms with Crippen LogP contribution in [0.1, 0.15) is 5.82 Å². The summed E-state index contributed by atoms with van der Waals surface area (Å²) in [5.41, 5.74) is 5.39. The fourth-order valence-electron chi connectivity index (χ4n) is 1.25. The first-order chi connectivity index (χ1) is 8.16. The maximum Gasteiger partial charge on any atom is 0.147 e. The van der Waals surface area contributed by atoms with E-state index in [1.165, 1.54) is 18.2 Å². The predicted molar refractivity (Wildman–Crippen MR) is 63.0 cm³/mol. The summed E-state index contributed by atoms with van der Waals surface area (Å²) in [6, 6.07) is 5.79. The molecule has 0 bridgehead atoms. The lowest BCUT2D eigenvalue weighted by atomic mass is 10.3. The second-order valence-corrected chi connectivity index (χ2v) is 4.79. The standard InChI is InChI=1S/C11H10FN3OS/c12-9-6-8(2-3-10(9)13)17(16)7-11-14-4-1-5-15-11/h1-6H,7,13H2. The largest absolute Gasteiger partial charge is 0.396 e. The summed E-state index contributed by atoms with van der Waals surface area (Å²) >= 11 is 0. The summed E-state index contributed by atoms with van der Waals surface area (Å²) in [7, 11) is -1.37. The second kappa shape index (κ2) is 5.01.